The molecular weight excluding hydrogens is 246 g/mol. The highest BCUT2D eigenvalue weighted by Crippen LogP contribution is 2.22. The molecule has 0 fully saturated rings. The van der Waals surface area contributed by atoms with Gasteiger partial charge in [0.2, 0.25) is 0 Å². The minimum Gasteiger partial charge on any atom is -0.394 e. The van der Waals surface area contributed by atoms with Crippen molar-refractivity contribution in [3.63, 3.8) is 0 Å². The predicted octanol–water partition coefficient (Wildman–Crippen LogP) is 1.96. The number of rotatable bonds is 4. The Hall–Kier alpha value is -2.21. The summed E-state index contributed by atoms with van der Waals surface area (Å²) in [6.07, 6.45) is 0. The second kappa shape index (κ2) is 5.19. The molecule has 0 radical (unpaired) electrons. The number of likely N-dealkylation sites (N-methyl/N-ethyl adjacent to an activating group) is 1. The van der Waals surface area contributed by atoms with Crippen molar-refractivity contribution in [3.05, 3.63) is 40.4 Å². The highest BCUT2D eigenvalue weighted by molar-refractivity contribution is 5.82. The third-order valence-electron chi connectivity index (χ3n) is 3.16. The number of nitro benzene ring substituents is 1. The first-order chi connectivity index (χ1) is 9.02. The number of pyridine rings is 1. The van der Waals surface area contributed by atoms with Crippen molar-refractivity contribution in [1.82, 2.24) is 4.98 Å². The van der Waals surface area contributed by atoms with Gasteiger partial charge in [0.25, 0.3) is 5.69 Å². The fraction of sp³-hybridized carbons (Fsp3) is 0.308. The van der Waals surface area contributed by atoms with E-state index in [0.717, 1.165) is 11.2 Å². The van der Waals surface area contributed by atoms with Crippen molar-refractivity contribution >= 4 is 22.4 Å². The molecule has 0 aliphatic rings. The molecule has 0 saturated heterocycles. The zero-order chi connectivity index (χ0) is 14.0. The number of hydrogen-bond donors (Lipinski definition) is 1. The minimum atomic E-state index is -0.423. The third kappa shape index (κ3) is 2.63. The predicted molar refractivity (Wildman–Crippen MR) is 73.3 cm³/mol. The van der Waals surface area contributed by atoms with Gasteiger partial charge in [-0.2, -0.15) is 0 Å². The van der Waals surface area contributed by atoms with Crippen LogP contribution in [0.5, 0.6) is 0 Å². The summed E-state index contributed by atoms with van der Waals surface area (Å²) in [6.45, 7) is 1.93. The van der Waals surface area contributed by atoms with Gasteiger partial charge in [0, 0.05) is 24.6 Å². The van der Waals surface area contributed by atoms with E-state index in [0.29, 0.717) is 5.52 Å². The molecule has 19 heavy (non-hydrogen) atoms. The van der Waals surface area contributed by atoms with E-state index in [1.54, 1.807) is 18.2 Å². The lowest BCUT2D eigenvalue weighted by atomic mass is 10.2. The van der Waals surface area contributed by atoms with Crippen molar-refractivity contribution in [2.24, 2.45) is 0 Å². The van der Waals surface area contributed by atoms with E-state index in [4.69, 9.17) is 5.11 Å². The average Bonchev–Trinajstić information content (AvgIpc) is 2.44. The second-order valence-corrected chi connectivity index (χ2v) is 4.45. The van der Waals surface area contributed by atoms with Crippen LogP contribution in [0.1, 0.15) is 6.92 Å². The fourth-order valence-electron chi connectivity index (χ4n) is 1.76. The number of nitrogens with zero attached hydrogens (tertiary/aromatic N) is 3. The maximum Gasteiger partial charge on any atom is 0.270 e. The summed E-state index contributed by atoms with van der Waals surface area (Å²) in [7, 11) is 1.85. The highest BCUT2D eigenvalue weighted by atomic mass is 16.6. The first-order valence-corrected chi connectivity index (χ1v) is 5.92. The molecule has 1 heterocycles. The molecule has 6 nitrogen and oxygen atoms in total. The molecule has 1 atom stereocenters. The van der Waals surface area contributed by atoms with Crippen LogP contribution in [0.4, 0.5) is 11.5 Å². The minimum absolute atomic E-state index is 0.0382. The average molecular weight is 261 g/mol. The van der Waals surface area contributed by atoms with Crippen LogP contribution < -0.4 is 4.90 Å². The van der Waals surface area contributed by atoms with Gasteiger partial charge in [-0.25, -0.2) is 4.98 Å². The van der Waals surface area contributed by atoms with Gasteiger partial charge in [0.15, 0.2) is 0 Å². The Morgan fingerprint density at radius 1 is 1.42 bits per heavy atom. The monoisotopic (exact) mass is 261 g/mol. The summed E-state index contributed by atoms with van der Waals surface area (Å²) in [5.41, 5.74) is 0.749. The van der Waals surface area contributed by atoms with Gasteiger partial charge in [0.05, 0.1) is 23.1 Å². The Morgan fingerprint density at radius 3 is 2.79 bits per heavy atom. The van der Waals surface area contributed by atoms with Crippen molar-refractivity contribution in [2.45, 2.75) is 13.0 Å². The number of hydrogen-bond acceptors (Lipinski definition) is 5. The van der Waals surface area contributed by atoms with Crippen molar-refractivity contribution in [3.8, 4) is 0 Å². The van der Waals surface area contributed by atoms with Crippen LogP contribution in [0.15, 0.2) is 30.3 Å². The normalized spacial score (nSPS) is 12.4. The summed E-state index contributed by atoms with van der Waals surface area (Å²) in [5, 5.41) is 20.6. The molecule has 0 aliphatic heterocycles. The van der Waals surface area contributed by atoms with Crippen LogP contribution in [0.2, 0.25) is 0 Å². The van der Waals surface area contributed by atoms with E-state index in [-0.39, 0.29) is 18.3 Å². The number of fused-ring (bicyclic) bond motifs is 1. The van der Waals surface area contributed by atoms with E-state index < -0.39 is 4.92 Å². The molecule has 1 unspecified atom stereocenters. The lowest BCUT2D eigenvalue weighted by Gasteiger charge is -2.24. The van der Waals surface area contributed by atoms with E-state index in [1.807, 2.05) is 18.9 Å². The van der Waals surface area contributed by atoms with Crippen LogP contribution in [-0.2, 0) is 0 Å². The SMILES string of the molecule is CC(CO)N(C)c1ccc2cc([N+](=O)[O-])ccc2n1. The number of non-ortho nitro benzene ring substituents is 1. The first kappa shape index (κ1) is 13.2. The highest BCUT2D eigenvalue weighted by Gasteiger charge is 2.12. The molecule has 2 aromatic rings. The van der Waals surface area contributed by atoms with Crippen LogP contribution in [0, 0.1) is 10.1 Å². The van der Waals surface area contributed by atoms with Gasteiger partial charge >= 0.3 is 0 Å². The summed E-state index contributed by atoms with van der Waals surface area (Å²) in [6, 6.07) is 8.12. The molecule has 1 aromatic carbocycles. The standard InChI is InChI=1S/C13H15N3O3/c1-9(8-17)15(2)13-6-3-10-7-11(16(18)19)4-5-12(10)14-13/h3-7,9,17H,8H2,1-2H3. The van der Waals surface area contributed by atoms with E-state index in [2.05, 4.69) is 4.98 Å². The lowest BCUT2D eigenvalue weighted by Crippen LogP contribution is -2.32. The van der Waals surface area contributed by atoms with Gasteiger partial charge < -0.3 is 10.0 Å². The number of aromatic nitrogens is 1. The molecule has 0 aliphatic carbocycles. The van der Waals surface area contributed by atoms with Gasteiger partial charge in [0.1, 0.15) is 5.82 Å². The molecule has 0 saturated carbocycles. The lowest BCUT2D eigenvalue weighted by molar-refractivity contribution is -0.384. The largest absolute Gasteiger partial charge is 0.394 e. The molecule has 1 N–H and O–H groups in total. The van der Waals surface area contributed by atoms with Crippen molar-refractivity contribution in [1.29, 1.82) is 0 Å². The first-order valence-electron chi connectivity index (χ1n) is 5.92. The summed E-state index contributed by atoms with van der Waals surface area (Å²) in [4.78, 5) is 16.6. The Bertz CT molecular complexity index is 615. The second-order valence-electron chi connectivity index (χ2n) is 4.45. The van der Waals surface area contributed by atoms with Gasteiger partial charge in [-0.15, -0.1) is 0 Å². The summed E-state index contributed by atoms with van der Waals surface area (Å²) < 4.78 is 0. The Kier molecular flexibility index (Phi) is 3.62. The number of aliphatic hydroxyl groups is 1. The zero-order valence-corrected chi connectivity index (χ0v) is 10.8. The van der Waals surface area contributed by atoms with Crippen molar-refractivity contribution < 1.29 is 10.0 Å². The van der Waals surface area contributed by atoms with Crippen LogP contribution in [-0.4, -0.2) is 34.7 Å². The Labute approximate surface area is 110 Å². The smallest absolute Gasteiger partial charge is 0.270 e. The van der Waals surface area contributed by atoms with E-state index in [1.165, 1.54) is 12.1 Å². The third-order valence-corrected chi connectivity index (χ3v) is 3.16. The van der Waals surface area contributed by atoms with Gasteiger partial charge in [-0.3, -0.25) is 10.1 Å². The molecule has 6 heteroatoms. The van der Waals surface area contributed by atoms with E-state index in [9.17, 15) is 10.1 Å². The Balaban J connectivity index is 2.42. The molecule has 2 rings (SSSR count). The summed E-state index contributed by atoms with van der Waals surface area (Å²) in [5.74, 6) is 0.725. The van der Waals surface area contributed by atoms with Crippen LogP contribution in [0.3, 0.4) is 0 Å². The quantitative estimate of drug-likeness (QED) is 0.672. The maximum absolute atomic E-state index is 10.7. The van der Waals surface area contributed by atoms with Crippen molar-refractivity contribution in [2.75, 3.05) is 18.6 Å². The molecule has 0 bridgehead atoms. The number of nitro groups is 1. The molecule has 0 amide bonds. The molecule has 100 valence electrons. The topological polar surface area (TPSA) is 79.5 Å². The summed E-state index contributed by atoms with van der Waals surface area (Å²) >= 11 is 0. The maximum atomic E-state index is 10.7. The Morgan fingerprint density at radius 2 is 2.16 bits per heavy atom. The number of benzene rings is 1. The molecular formula is C13H15N3O3. The van der Waals surface area contributed by atoms with Crippen LogP contribution >= 0.6 is 0 Å². The number of aliphatic hydroxyl groups excluding tert-OH is 1. The van der Waals surface area contributed by atoms with Gasteiger partial charge in [-0.1, -0.05) is 0 Å². The molecule has 0 spiro atoms. The van der Waals surface area contributed by atoms with Gasteiger partial charge in [-0.05, 0) is 25.1 Å². The number of anilines is 1. The van der Waals surface area contributed by atoms with Crippen LogP contribution in [0.25, 0.3) is 10.9 Å². The van der Waals surface area contributed by atoms with E-state index >= 15 is 0 Å². The zero-order valence-electron chi connectivity index (χ0n) is 10.8. The molecule has 1 aromatic heterocycles. The fourth-order valence-corrected chi connectivity index (χ4v) is 1.76.